The monoisotopic (exact) mass is 1400 g/mol. The minimum Gasteiger partial charge on any atom is -0.394 e. The zero-order valence-corrected chi connectivity index (χ0v) is 62.6. The number of hydrogen-bond acceptors (Lipinski definition) is 13. The average molecular weight is 1400 g/mol. The molecule has 2 aliphatic heterocycles. The Morgan fingerprint density at radius 3 is 1.10 bits per heavy atom. The molecule has 14 heteroatoms. The van der Waals surface area contributed by atoms with Gasteiger partial charge in [0, 0.05) is 6.42 Å². The van der Waals surface area contributed by atoms with E-state index in [1.165, 1.54) is 154 Å². The minimum absolute atomic E-state index is 0.255. The maximum Gasteiger partial charge on any atom is 0.220 e. The molecule has 0 saturated carbocycles. The average Bonchev–Trinajstić information content (AvgIpc) is 0.796. The molecule has 0 radical (unpaired) electrons. The molecule has 2 aliphatic rings. The van der Waals surface area contributed by atoms with Gasteiger partial charge in [0.15, 0.2) is 12.6 Å². The molecule has 0 aromatic heterocycles. The van der Waals surface area contributed by atoms with Crippen molar-refractivity contribution in [2.45, 2.75) is 370 Å². The van der Waals surface area contributed by atoms with Crippen LogP contribution < -0.4 is 5.32 Å². The van der Waals surface area contributed by atoms with E-state index < -0.39 is 86.8 Å². The molecule has 2 rings (SSSR count). The van der Waals surface area contributed by atoms with Crippen molar-refractivity contribution in [3.05, 3.63) is 146 Å². The lowest BCUT2D eigenvalue weighted by Gasteiger charge is -2.46. The molecule has 2 fully saturated rings. The largest absolute Gasteiger partial charge is 0.394 e. The van der Waals surface area contributed by atoms with Gasteiger partial charge in [0.05, 0.1) is 32.0 Å². The summed E-state index contributed by atoms with van der Waals surface area (Å²) in [7, 11) is 0. The molecule has 0 aliphatic carbocycles. The second-order valence-electron chi connectivity index (χ2n) is 27.4. The first-order valence-corrected chi connectivity index (χ1v) is 40.1. The number of aliphatic hydroxyl groups is 8. The van der Waals surface area contributed by atoms with Gasteiger partial charge in [-0.25, -0.2) is 0 Å². The lowest BCUT2D eigenvalue weighted by molar-refractivity contribution is -0.359. The number of ether oxygens (including phenoxy) is 4. The normalized spacial score (nSPS) is 22.7. The van der Waals surface area contributed by atoms with Gasteiger partial charge in [-0.15, -0.1) is 0 Å². The van der Waals surface area contributed by atoms with E-state index in [9.17, 15) is 45.6 Å². The van der Waals surface area contributed by atoms with Gasteiger partial charge in [-0.2, -0.15) is 0 Å². The zero-order valence-electron chi connectivity index (χ0n) is 62.6. The van der Waals surface area contributed by atoms with Crippen LogP contribution in [-0.4, -0.2) is 140 Å². The van der Waals surface area contributed by atoms with Crippen LogP contribution in [0, 0.1) is 0 Å². The van der Waals surface area contributed by atoms with E-state index in [1.807, 2.05) is 6.08 Å². The summed E-state index contributed by atoms with van der Waals surface area (Å²) < 4.78 is 22.9. The Balaban J connectivity index is 1.65. The fourth-order valence-corrected chi connectivity index (χ4v) is 12.2. The Labute approximate surface area is 608 Å². The van der Waals surface area contributed by atoms with E-state index in [-0.39, 0.29) is 18.9 Å². The fraction of sp³-hybridized carbons (Fsp3) is 0.709. The van der Waals surface area contributed by atoms with Gasteiger partial charge in [0.2, 0.25) is 5.91 Å². The summed E-state index contributed by atoms with van der Waals surface area (Å²) in [6.45, 7) is 2.68. The summed E-state index contributed by atoms with van der Waals surface area (Å²) in [5, 5.41) is 87.6. The molecular formula is C86H145NO13. The molecule has 12 atom stereocenters. The van der Waals surface area contributed by atoms with E-state index >= 15 is 0 Å². The van der Waals surface area contributed by atoms with Crippen LogP contribution in [0.2, 0.25) is 0 Å². The number of nitrogens with one attached hydrogen (secondary N) is 1. The molecule has 1 amide bonds. The van der Waals surface area contributed by atoms with Gasteiger partial charge in [0.1, 0.15) is 48.8 Å². The molecule has 100 heavy (non-hydrogen) atoms. The Hall–Kier alpha value is -4.13. The first-order chi connectivity index (χ1) is 49.1. The van der Waals surface area contributed by atoms with Crippen molar-refractivity contribution < 1.29 is 64.6 Å². The molecule has 2 saturated heterocycles. The van der Waals surface area contributed by atoms with Crippen LogP contribution in [0.5, 0.6) is 0 Å². The van der Waals surface area contributed by atoms with Gasteiger partial charge >= 0.3 is 0 Å². The highest BCUT2D eigenvalue weighted by atomic mass is 16.7. The molecule has 572 valence electrons. The van der Waals surface area contributed by atoms with Crippen LogP contribution in [0.4, 0.5) is 0 Å². The van der Waals surface area contributed by atoms with Crippen molar-refractivity contribution in [3.63, 3.8) is 0 Å². The summed E-state index contributed by atoms with van der Waals surface area (Å²) >= 11 is 0. The highest BCUT2D eigenvalue weighted by Gasteiger charge is 2.51. The lowest BCUT2D eigenvalue weighted by Crippen LogP contribution is -2.65. The Morgan fingerprint density at radius 1 is 0.370 bits per heavy atom. The van der Waals surface area contributed by atoms with Crippen LogP contribution >= 0.6 is 0 Å². The molecule has 0 aromatic rings. The summed E-state index contributed by atoms with van der Waals surface area (Å²) in [6, 6.07) is -0.949. The number of unbranched alkanes of at least 4 members (excludes halogenated alkanes) is 30. The molecule has 14 nitrogen and oxygen atoms in total. The predicted molar refractivity (Wildman–Crippen MR) is 414 cm³/mol. The highest BCUT2D eigenvalue weighted by molar-refractivity contribution is 5.76. The summed E-state index contributed by atoms with van der Waals surface area (Å²) in [4.78, 5) is 13.4. The van der Waals surface area contributed by atoms with E-state index in [0.717, 1.165) is 109 Å². The van der Waals surface area contributed by atoms with Crippen molar-refractivity contribution in [1.82, 2.24) is 5.32 Å². The van der Waals surface area contributed by atoms with Gasteiger partial charge in [-0.1, -0.05) is 327 Å². The Kier molecular flexibility index (Phi) is 62.5. The Bertz CT molecular complexity index is 2250. The zero-order chi connectivity index (χ0) is 72.2. The second kappa shape index (κ2) is 68.0. The third-order valence-electron chi connectivity index (χ3n) is 18.5. The fourth-order valence-electron chi connectivity index (χ4n) is 12.2. The van der Waals surface area contributed by atoms with Crippen LogP contribution in [0.25, 0.3) is 0 Å². The van der Waals surface area contributed by atoms with E-state index in [2.05, 4.69) is 153 Å². The second-order valence-corrected chi connectivity index (χ2v) is 27.4. The number of carbonyl (C=O) groups excluding carboxylic acids is 1. The Morgan fingerprint density at radius 2 is 0.700 bits per heavy atom. The van der Waals surface area contributed by atoms with E-state index in [0.29, 0.717) is 12.8 Å². The van der Waals surface area contributed by atoms with Gasteiger partial charge in [0.25, 0.3) is 0 Å². The molecule has 9 N–H and O–H groups in total. The van der Waals surface area contributed by atoms with E-state index in [4.69, 9.17) is 18.9 Å². The number of rotatable bonds is 65. The van der Waals surface area contributed by atoms with Crippen molar-refractivity contribution in [3.8, 4) is 0 Å². The molecular weight excluding hydrogens is 1250 g/mol. The van der Waals surface area contributed by atoms with Crippen LogP contribution in [0.3, 0.4) is 0 Å². The number of amides is 1. The third-order valence-corrected chi connectivity index (χ3v) is 18.5. The van der Waals surface area contributed by atoms with Crippen molar-refractivity contribution >= 4 is 5.91 Å². The number of hydrogen-bond donors (Lipinski definition) is 9. The van der Waals surface area contributed by atoms with Gasteiger partial charge in [-0.3, -0.25) is 4.79 Å². The van der Waals surface area contributed by atoms with Crippen LogP contribution in [-0.2, 0) is 23.7 Å². The number of aliphatic hydroxyl groups excluding tert-OH is 8. The maximum atomic E-state index is 13.4. The predicted octanol–water partition coefficient (Wildman–Crippen LogP) is 18.4. The van der Waals surface area contributed by atoms with E-state index in [1.54, 1.807) is 6.08 Å². The number of allylic oxidation sites excluding steroid dienone is 23. The maximum absolute atomic E-state index is 13.4. The lowest BCUT2D eigenvalue weighted by atomic mass is 9.97. The molecule has 12 unspecified atom stereocenters. The number of carbonyl (C=O) groups is 1. The smallest absolute Gasteiger partial charge is 0.220 e. The third kappa shape index (κ3) is 50.3. The van der Waals surface area contributed by atoms with Crippen molar-refractivity contribution in [2.75, 3.05) is 19.8 Å². The molecule has 0 bridgehead atoms. The topological polar surface area (TPSA) is 228 Å². The summed E-state index contributed by atoms with van der Waals surface area (Å²) in [5.74, 6) is -0.261. The van der Waals surface area contributed by atoms with Crippen LogP contribution in [0.15, 0.2) is 146 Å². The minimum atomic E-state index is -1.80. The molecule has 2 heterocycles. The van der Waals surface area contributed by atoms with Gasteiger partial charge < -0.3 is 65.1 Å². The first-order valence-electron chi connectivity index (χ1n) is 40.1. The van der Waals surface area contributed by atoms with Gasteiger partial charge in [-0.05, 0) is 109 Å². The van der Waals surface area contributed by atoms with Crippen molar-refractivity contribution in [1.29, 1.82) is 0 Å². The standard InChI is InChI=1S/C86H145NO13/c1-3-5-7-9-11-13-15-17-19-21-23-25-27-29-31-32-33-34-35-36-37-38-39-40-41-42-44-46-48-50-52-54-56-58-60-62-64-66-68-70-78(91)87-74(73-97-85-83(96)81(94)84(77(72-89)99-85)100-86-82(95)80(93)79(92)76(71-88)98-86)75(90)69-67-65-63-61-59-57-55-53-51-49-47-45-43-30-28-26-24-22-20-18-16-14-12-10-8-6-4-2/h5,7,11,13,17,19,23,25,29,31,33-34,36-37,39-40,42,44,48,50,59,61,67,69,74-77,79-86,88-90,92-96H,3-4,6,8-10,12,14-16,18,20-22,24,26-28,30,32,35,38,41,43,45-47,49,51-58,60,62-66,68,70-73H2,1-2H3,(H,87,91)/b7-5-,13-11-,19-17-,25-23-,31-29-,34-33-,37-36-,40-39-,44-42-,50-48-,61-59+,69-67+. The highest BCUT2D eigenvalue weighted by Crippen LogP contribution is 2.30. The molecule has 0 spiro atoms. The summed E-state index contributed by atoms with van der Waals surface area (Å²) in [5.41, 5.74) is 0. The van der Waals surface area contributed by atoms with Crippen molar-refractivity contribution in [2.24, 2.45) is 0 Å². The SMILES string of the molecule is CC/C=C\C/C=C\C/C=C\C/C=C\C/C=C\C/C=C\C/C=C\C/C=C\C/C=C\C/C=C\CCCCCCCCCCC(=O)NC(COC1OC(CO)C(OC2OC(CO)C(O)C(O)C2O)C(O)C1O)C(O)/C=C/CC/C=C/CCCCCCCCCCCCCCCCCCCCCCC. The quantitative estimate of drug-likeness (QED) is 0.0204. The first kappa shape index (κ1) is 92.0. The van der Waals surface area contributed by atoms with Crippen LogP contribution in [0.1, 0.15) is 296 Å². The summed E-state index contributed by atoms with van der Waals surface area (Å²) in [6.07, 6.45) is 86.3. The molecule has 0 aromatic carbocycles.